The van der Waals surface area contributed by atoms with E-state index in [0.717, 1.165) is 24.8 Å². The molecule has 1 saturated carbocycles. The van der Waals surface area contributed by atoms with Crippen molar-refractivity contribution < 1.29 is 18.5 Å². The highest BCUT2D eigenvalue weighted by Crippen LogP contribution is 2.45. The Labute approximate surface area is 149 Å². The summed E-state index contributed by atoms with van der Waals surface area (Å²) in [6, 6.07) is 12.7. The predicted molar refractivity (Wildman–Crippen MR) is 91.0 cm³/mol. The van der Waals surface area contributed by atoms with Gasteiger partial charge in [-0.1, -0.05) is 35.3 Å². The molecule has 2 aromatic heterocycles. The zero-order valence-electron chi connectivity index (χ0n) is 13.4. The summed E-state index contributed by atoms with van der Waals surface area (Å²) in [5, 5.41) is 4.58. The quantitative estimate of drug-likeness (QED) is 0.616. The van der Waals surface area contributed by atoms with Crippen LogP contribution in [-0.2, 0) is 21.6 Å². The average Bonchev–Trinajstić information content (AvgIpc) is 3.25. The molecule has 4 rings (SSSR count). The van der Waals surface area contributed by atoms with Gasteiger partial charge in [0, 0.05) is 11.1 Å². The number of esters is 1. The van der Waals surface area contributed by atoms with Crippen LogP contribution in [0.1, 0.15) is 30.5 Å². The molecule has 0 radical (unpaired) electrons. The fourth-order valence-corrected chi connectivity index (χ4v) is 3.23. The molecule has 0 saturated heterocycles. The Bertz CT molecular complexity index is 863. The van der Waals surface area contributed by atoms with Crippen molar-refractivity contribution in [1.82, 2.24) is 5.16 Å². The maximum absolute atomic E-state index is 12.7. The van der Waals surface area contributed by atoms with Crippen molar-refractivity contribution in [2.24, 2.45) is 0 Å². The van der Waals surface area contributed by atoms with Gasteiger partial charge >= 0.3 is 5.97 Å². The van der Waals surface area contributed by atoms with Crippen molar-refractivity contribution in [3.05, 3.63) is 65.0 Å². The number of aromatic nitrogens is 1. The van der Waals surface area contributed by atoms with Gasteiger partial charge in [0.1, 0.15) is 12.3 Å². The molecule has 25 heavy (non-hydrogen) atoms. The highest BCUT2D eigenvalue weighted by Gasteiger charge is 2.47. The fourth-order valence-electron chi connectivity index (χ4n) is 3.10. The smallest absolute Gasteiger partial charge is 0.316 e. The first-order valence-corrected chi connectivity index (χ1v) is 8.48. The highest BCUT2D eigenvalue weighted by molar-refractivity contribution is 6.30. The third-order valence-electron chi connectivity index (χ3n) is 4.67. The van der Waals surface area contributed by atoms with Gasteiger partial charge in [-0.15, -0.1) is 0 Å². The molecule has 0 bridgehead atoms. The number of rotatable bonds is 5. The number of carbonyl (C=O) groups excluding carboxylic acids is 1. The zero-order valence-corrected chi connectivity index (χ0v) is 14.2. The van der Waals surface area contributed by atoms with Gasteiger partial charge in [0.05, 0.1) is 11.7 Å². The summed E-state index contributed by atoms with van der Waals surface area (Å²) in [7, 11) is 0. The molecule has 1 fully saturated rings. The van der Waals surface area contributed by atoms with Gasteiger partial charge in [0.25, 0.3) is 0 Å². The van der Waals surface area contributed by atoms with Gasteiger partial charge in [0.2, 0.25) is 5.76 Å². The predicted octanol–water partition coefficient (Wildman–Crippen LogP) is 4.75. The van der Waals surface area contributed by atoms with Crippen molar-refractivity contribution in [2.45, 2.75) is 31.3 Å². The van der Waals surface area contributed by atoms with Gasteiger partial charge in [-0.25, -0.2) is 0 Å². The van der Waals surface area contributed by atoms with E-state index in [0.29, 0.717) is 22.2 Å². The van der Waals surface area contributed by atoms with Gasteiger partial charge in [0.15, 0.2) is 5.76 Å². The van der Waals surface area contributed by atoms with Crippen LogP contribution in [0, 0.1) is 0 Å². The molecule has 0 N–H and O–H groups in total. The summed E-state index contributed by atoms with van der Waals surface area (Å²) in [5.41, 5.74) is 0.924. The largest absolute Gasteiger partial charge is 0.461 e. The molecule has 1 aromatic carbocycles. The van der Waals surface area contributed by atoms with Crippen LogP contribution < -0.4 is 0 Å². The minimum absolute atomic E-state index is 0.0678. The van der Waals surface area contributed by atoms with Gasteiger partial charge in [-0.3, -0.25) is 4.79 Å². The lowest BCUT2D eigenvalue weighted by Crippen LogP contribution is -2.43. The van der Waals surface area contributed by atoms with E-state index in [4.69, 9.17) is 25.3 Å². The first-order chi connectivity index (χ1) is 12.2. The molecule has 0 unspecified atom stereocenters. The summed E-state index contributed by atoms with van der Waals surface area (Å²) >= 11 is 5.95. The van der Waals surface area contributed by atoms with Crippen molar-refractivity contribution in [1.29, 1.82) is 0 Å². The normalized spacial score (nSPS) is 15.6. The third-order valence-corrected chi connectivity index (χ3v) is 4.92. The number of hydrogen-bond acceptors (Lipinski definition) is 5. The van der Waals surface area contributed by atoms with E-state index in [1.54, 1.807) is 36.6 Å². The lowest BCUT2D eigenvalue weighted by molar-refractivity contribution is -0.156. The van der Waals surface area contributed by atoms with Crippen molar-refractivity contribution in [3.63, 3.8) is 0 Å². The average molecular weight is 358 g/mol. The lowest BCUT2D eigenvalue weighted by Gasteiger charge is -2.39. The number of carbonyl (C=O) groups is 1. The lowest BCUT2D eigenvalue weighted by atomic mass is 9.64. The Balaban J connectivity index is 1.45. The van der Waals surface area contributed by atoms with E-state index in [-0.39, 0.29) is 12.6 Å². The minimum atomic E-state index is -0.571. The number of hydrogen-bond donors (Lipinski definition) is 0. The molecule has 1 aliphatic rings. The van der Waals surface area contributed by atoms with E-state index >= 15 is 0 Å². The van der Waals surface area contributed by atoms with Crippen LogP contribution >= 0.6 is 11.6 Å². The number of halogens is 1. The van der Waals surface area contributed by atoms with E-state index in [1.807, 2.05) is 12.1 Å². The Morgan fingerprint density at radius 3 is 2.64 bits per heavy atom. The van der Waals surface area contributed by atoms with Crippen LogP contribution in [0.2, 0.25) is 5.02 Å². The molecule has 0 amide bonds. The fraction of sp³-hybridized carbons (Fsp3) is 0.263. The van der Waals surface area contributed by atoms with Crippen molar-refractivity contribution in [2.75, 3.05) is 0 Å². The van der Waals surface area contributed by atoms with E-state index in [1.165, 1.54) is 0 Å². The van der Waals surface area contributed by atoms with E-state index in [9.17, 15) is 4.79 Å². The monoisotopic (exact) mass is 357 g/mol. The summed E-state index contributed by atoms with van der Waals surface area (Å²) in [6.07, 6.45) is 4.13. The summed E-state index contributed by atoms with van der Waals surface area (Å²) in [6.45, 7) is 0.0678. The van der Waals surface area contributed by atoms with E-state index in [2.05, 4.69) is 5.16 Å². The van der Waals surface area contributed by atoms with Crippen LogP contribution in [0.15, 0.2) is 57.7 Å². The second kappa shape index (κ2) is 6.41. The topological polar surface area (TPSA) is 65.5 Å². The molecular weight excluding hydrogens is 342 g/mol. The molecule has 6 heteroatoms. The van der Waals surface area contributed by atoms with Crippen molar-refractivity contribution >= 4 is 17.6 Å². The zero-order chi connectivity index (χ0) is 17.3. The van der Waals surface area contributed by atoms with Crippen LogP contribution in [0.3, 0.4) is 0 Å². The van der Waals surface area contributed by atoms with Gasteiger partial charge in [-0.05, 0) is 42.7 Å². The number of nitrogens with zero attached hydrogens (tertiary/aromatic N) is 1. The Morgan fingerprint density at radius 1 is 1.20 bits per heavy atom. The molecule has 0 atom stereocenters. The number of ether oxygens (including phenoxy) is 1. The Morgan fingerprint density at radius 2 is 2.00 bits per heavy atom. The van der Waals surface area contributed by atoms with Gasteiger partial charge in [-0.2, -0.15) is 0 Å². The van der Waals surface area contributed by atoms with E-state index < -0.39 is 5.41 Å². The number of benzene rings is 1. The molecule has 3 aromatic rings. The van der Waals surface area contributed by atoms with Crippen molar-refractivity contribution in [3.8, 4) is 11.5 Å². The maximum atomic E-state index is 12.7. The second-order valence-corrected chi connectivity index (χ2v) is 6.61. The maximum Gasteiger partial charge on any atom is 0.316 e. The Kier molecular flexibility index (Phi) is 4.09. The summed E-state index contributed by atoms with van der Waals surface area (Å²) in [5.74, 6) is 0.859. The van der Waals surface area contributed by atoms with Crippen LogP contribution in [0.5, 0.6) is 0 Å². The first kappa shape index (κ1) is 16.0. The third kappa shape index (κ3) is 2.96. The second-order valence-electron chi connectivity index (χ2n) is 6.18. The summed E-state index contributed by atoms with van der Waals surface area (Å²) < 4.78 is 16.0. The minimum Gasteiger partial charge on any atom is -0.461 e. The standard InChI is InChI=1S/C19H16ClNO4/c20-14-6-4-13(5-7-14)19(8-2-9-19)18(22)24-12-15-11-17(25-21-15)16-3-1-10-23-16/h1,3-7,10-11H,2,8-9,12H2. The SMILES string of the molecule is O=C(OCc1cc(-c2ccco2)on1)C1(c2ccc(Cl)cc2)CCC1. The first-order valence-electron chi connectivity index (χ1n) is 8.10. The number of furan rings is 1. The van der Waals surface area contributed by atoms with Crippen LogP contribution in [0.25, 0.3) is 11.5 Å². The Hall–Kier alpha value is -2.53. The highest BCUT2D eigenvalue weighted by atomic mass is 35.5. The van der Waals surface area contributed by atoms with Gasteiger partial charge < -0.3 is 13.7 Å². The van der Waals surface area contributed by atoms with Crippen LogP contribution in [-0.4, -0.2) is 11.1 Å². The molecule has 0 aliphatic heterocycles. The molecule has 0 spiro atoms. The molecular formula is C19H16ClNO4. The summed E-state index contributed by atoms with van der Waals surface area (Å²) in [4.78, 5) is 12.7. The molecule has 2 heterocycles. The molecule has 1 aliphatic carbocycles. The van der Waals surface area contributed by atoms with Crippen LogP contribution in [0.4, 0.5) is 0 Å². The molecule has 128 valence electrons. The molecule has 5 nitrogen and oxygen atoms in total.